The van der Waals surface area contributed by atoms with Crippen molar-refractivity contribution in [2.45, 2.75) is 40.2 Å². The molecule has 0 saturated carbocycles. The van der Waals surface area contributed by atoms with E-state index < -0.39 is 0 Å². The number of aromatic amines is 1. The molecule has 30 heavy (non-hydrogen) atoms. The van der Waals surface area contributed by atoms with Crippen molar-refractivity contribution in [2.75, 3.05) is 6.54 Å². The van der Waals surface area contributed by atoms with Gasteiger partial charge in [-0.15, -0.1) is 0 Å². The summed E-state index contributed by atoms with van der Waals surface area (Å²) in [7, 11) is 0. The highest BCUT2D eigenvalue weighted by molar-refractivity contribution is 6.03. The Kier molecular flexibility index (Phi) is 6.63. The molecule has 5 heteroatoms. The zero-order chi connectivity index (χ0) is 21.8. The standard InChI is InChI=1S/C25H27FN2O2/c1-5-18-9-11-19(12-10-18)25(20-7-6-8-21(26)13-20)27-14-22(30)24-15(2)23(17(4)29)16(3)28-24/h6-13,25,27-28H,5,14H2,1-4H3/t25-/m0/s1. The van der Waals surface area contributed by atoms with Gasteiger partial charge in [0.1, 0.15) is 5.82 Å². The third-order valence-electron chi connectivity index (χ3n) is 5.44. The summed E-state index contributed by atoms with van der Waals surface area (Å²) in [6, 6.07) is 14.2. The lowest BCUT2D eigenvalue weighted by atomic mass is 9.96. The van der Waals surface area contributed by atoms with E-state index in [1.54, 1.807) is 19.9 Å². The third kappa shape index (κ3) is 4.57. The number of H-pyrrole nitrogens is 1. The number of aryl methyl sites for hydroxylation is 2. The minimum Gasteiger partial charge on any atom is -0.355 e. The van der Waals surface area contributed by atoms with Crippen LogP contribution in [0.4, 0.5) is 4.39 Å². The van der Waals surface area contributed by atoms with E-state index in [-0.39, 0.29) is 30.0 Å². The summed E-state index contributed by atoms with van der Waals surface area (Å²) in [5.41, 5.74) is 5.27. The van der Waals surface area contributed by atoms with Crippen molar-refractivity contribution in [3.63, 3.8) is 0 Å². The lowest BCUT2D eigenvalue weighted by Crippen LogP contribution is -2.29. The SMILES string of the molecule is CCc1ccc([C@H](NCC(=O)c2[nH]c(C)c(C(C)=O)c2C)c2cccc(F)c2)cc1. The Labute approximate surface area is 176 Å². The molecule has 3 aromatic rings. The molecule has 3 rings (SSSR count). The van der Waals surface area contributed by atoms with Gasteiger partial charge in [-0.25, -0.2) is 4.39 Å². The van der Waals surface area contributed by atoms with Gasteiger partial charge in [-0.2, -0.15) is 0 Å². The van der Waals surface area contributed by atoms with Gasteiger partial charge in [0.05, 0.1) is 18.3 Å². The fourth-order valence-corrected chi connectivity index (χ4v) is 3.90. The van der Waals surface area contributed by atoms with Crippen LogP contribution in [0.1, 0.15) is 68.7 Å². The first-order valence-electron chi connectivity index (χ1n) is 10.1. The molecule has 0 saturated heterocycles. The van der Waals surface area contributed by atoms with E-state index >= 15 is 0 Å². The van der Waals surface area contributed by atoms with E-state index in [0.717, 1.165) is 17.5 Å². The molecular weight excluding hydrogens is 379 g/mol. The average Bonchev–Trinajstić information content (AvgIpc) is 3.02. The predicted octanol–water partition coefficient (Wildman–Crippen LogP) is 5.10. The Morgan fingerprint density at radius 1 is 1.07 bits per heavy atom. The van der Waals surface area contributed by atoms with Crippen molar-refractivity contribution in [2.24, 2.45) is 0 Å². The van der Waals surface area contributed by atoms with Crippen LogP contribution in [0, 0.1) is 19.7 Å². The number of halogens is 1. The number of ketones is 2. The molecule has 0 fully saturated rings. The summed E-state index contributed by atoms with van der Waals surface area (Å²) >= 11 is 0. The van der Waals surface area contributed by atoms with Crippen molar-refractivity contribution in [3.8, 4) is 0 Å². The maximum absolute atomic E-state index is 13.9. The predicted molar refractivity (Wildman–Crippen MR) is 117 cm³/mol. The molecule has 0 bridgehead atoms. The van der Waals surface area contributed by atoms with Crippen LogP contribution in [0.3, 0.4) is 0 Å². The Hall–Kier alpha value is -3.05. The summed E-state index contributed by atoms with van der Waals surface area (Å²) in [4.78, 5) is 27.8. The fraction of sp³-hybridized carbons (Fsp3) is 0.280. The molecule has 0 aliphatic rings. The summed E-state index contributed by atoms with van der Waals surface area (Å²) in [5, 5.41) is 3.28. The van der Waals surface area contributed by atoms with Crippen molar-refractivity contribution < 1.29 is 14.0 Å². The number of aromatic nitrogens is 1. The number of Topliss-reactive ketones (excluding diaryl/α,β-unsaturated/α-hetero) is 2. The third-order valence-corrected chi connectivity index (χ3v) is 5.44. The van der Waals surface area contributed by atoms with Crippen LogP contribution in [0.2, 0.25) is 0 Å². The monoisotopic (exact) mass is 406 g/mol. The van der Waals surface area contributed by atoms with Gasteiger partial charge in [0, 0.05) is 11.3 Å². The van der Waals surface area contributed by atoms with Crippen LogP contribution in [0.25, 0.3) is 0 Å². The Morgan fingerprint density at radius 3 is 2.33 bits per heavy atom. The summed E-state index contributed by atoms with van der Waals surface area (Å²) < 4.78 is 13.9. The number of nitrogens with one attached hydrogen (secondary N) is 2. The highest BCUT2D eigenvalue weighted by atomic mass is 19.1. The lowest BCUT2D eigenvalue weighted by Gasteiger charge is -2.20. The maximum atomic E-state index is 13.9. The first-order chi connectivity index (χ1) is 14.3. The van der Waals surface area contributed by atoms with Gasteiger partial charge in [-0.05, 0) is 61.6 Å². The van der Waals surface area contributed by atoms with E-state index in [9.17, 15) is 14.0 Å². The Bertz CT molecular complexity index is 1070. The zero-order valence-electron chi connectivity index (χ0n) is 17.8. The highest BCUT2D eigenvalue weighted by Crippen LogP contribution is 2.24. The summed E-state index contributed by atoms with van der Waals surface area (Å²) in [5.74, 6) is -0.533. The molecule has 0 unspecified atom stereocenters. The summed E-state index contributed by atoms with van der Waals surface area (Å²) in [6.45, 7) is 7.20. The minimum atomic E-state index is -0.334. The molecule has 1 aromatic heterocycles. The van der Waals surface area contributed by atoms with E-state index in [4.69, 9.17) is 0 Å². The second-order valence-corrected chi connectivity index (χ2v) is 7.57. The van der Waals surface area contributed by atoms with Gasteiger partial charge >= 0.3 is 0 Å². The molecule has 0 amide bonds. The molecule has 156 valence electrons. The van der Waals surface area contributed by atoms with Crippen LogP contribution in [0.15, 0.2) is 48.5 Å². The van der Waals surface area contributed by atoms with E-state index in [0.29, 0.717) is 22.5 Å². The molecule has 2 aromatic carbocycles. The molecule has 4 nitrogen and oxygen atoms in total. The zero-order valence-corrected chi connectivity index (χ0v) is 17.8. The maximum Gasteiger partial charge on any atom is 0.193 e. The van der Waals surface area contributed by atoms with Crippen molar-refractivity contribution in [3.05, 3.63) is 93.6 Å². The van der Waals surface area contributed by atoms with Crippen LogP contribution in [-0.2, 0) is 6.42 Å². The molecule has 0 aliphatic carbocycles. The smallest absolute Gasteiger partial charge is 0.193 e. The van der Waals surface area contributed by atoms with E-state index in [1.165, 1.54) is 24.6 Å². The largest absolute Gasteiger partial charge is 0.355 e. The minimum absolute atomic E-state index is 0.0504. The number of hydrogen-bond donors (Lipinski definition) is 2. The Morgan fingerprint density at radius 2 is 1.77 bits per heavy atom. The topological polar surface area (TPSA) is 62.0 Å². The second-order valence-electron chi connectivity index (χ2n) is 7.57. The second kappa shape index (κ2) is 9.18. The number of carbonyl (C=O) groups excluding carboxylic acids is 2. The summed E-state index contributed by atoms with van der Waals surface area (Å²) in [6.07, 6.45) is 0.931. The fourth-order valence-electron chi connectivity index (χ4n) is 3.90. The number of benzene rings is 2. The van der Waals surface area contributed by atoms with Crippen LogP contribution in [-0.4, -0.2) is 23.1 Å². The van der Waals surface area contributed by atoms with Gasteiger partial charge in [-0.1, -0.05) is 43.3 Å². The van der Waals surface area contributed by atoms with Crippen LogP contribution < -0.4 is 5.32 Å². The van der Waals surface area contributed by atoms with Gasteiger partial charge in [0.25, 0.3) is 0 Å². The Balaban J connectivity index is 1.87. The molecule has 0 radical (unpaired) electrons. The molecule has 0 aliphatic heterocycles. The van der Waals surface area contributed by atoms with Crippen molar-refractivity contribution >= 4 is 11.6 Å². The molecule has 0 spiro atoms. The van der Waals surface area contributed by atoms with Gasteiger partial charge in [0.15, 0.2) is 11.6 Å². The van der Waals surface area contributed by atoms with Crippen LogP contribution >= 0.6 is 0 Å². The van der Waals surface area contributed by atoms with Crippen molar-refractivity contribution in [1.29, 1.82) is 0 Å². The van der Waals surface area contributed by atoms with Crippen LogP contribution in [0.5, 0.6) is 0 Å². The number of hydrogen-bond acceptors (Lipinski definition) is 3. The highest BCUT2D eigenvalue weighted by Gasteiger charge is 2.21. The van der Waals surface area contributed by atoms with E-state index in [2.05, 4.69) is 17.2 Å². The van der Waals surface area contributed by atoms with Crippen molar-refractivity contribution in [1.82, 2.24) is 10.3 Å². The molecular formula is C25H27FN2O2. The lowest BCUT2D eigenvalue weighted by molar-refractivity contribution is 0.0983. The quantitative estimate of drug-likeness (QED) is 0.512. The molecule has 2 N–H and O–H groups in total. The van der Waals surface area contributed by atoms with E-state index in [1.807, 2.05) is 30.3 Å². The van der Waals surface area contributed by atoms with Gasteiger partial charge < -0.3 is 4.98 Å². The van der Waals surface area contributed by atoms with Gasteiger partial charge in [0.2, 0.25) is 0 Å². The first kappa shape index (κ1) is 21.7. The molecule has 1 heterocycles. The number of carbonyl (C=O) groups is 2. The normalized spacial score (nSPS) is 12.0. The average molecular weight is 407 g/mol. The van der Waals surface area contributed by atoms with Gasteiger partial charge in [-0.3, -0.25) is 14.9 Å². The molecule has 1 atom stereocenters. The first-order valence-corrected chi connectivity index (χ1v) is 10.1. The number of rotatable bonds is 8.